The number of hydrogen-bond acceptors (Lipinski definition) is 3. The van der Waals surface area contributed by atoms with Crippen molar-refractivity contribution in [3.8, 4) is 11.5 Å². The minimum absolute atomic E-state index is 0.0805. The number of benzene rings is 1. The highest BCUT2D eigenvalue weighted by atomic mass is 79.9. The molecule has 3 nitrogen and oxygen atoms in total. The zero-order chi connectivity index (χ0) is 11.0. The Kier molecular flexibility index (Phi) is 2.69. The normalized spacial score (nSPS) is 15.1. The number of carbonyl (C=O) groups is 1. The summed E-state index contributed by atoms with van der Waals surface area (Å²) in [5.41, 5.74) is 1.96. The van der Waals surface area contributed by atoms with E-state index in [-0.39, 0.29) is 17.4 Å². The van der Waals surface area contributed by atoms with Gasteiger partial charge in [0, 0.05) is 0 Å². The van der Waals surface area contributed by atoms with E-state index < -0.39 is 0 Å². The van der Waals surface area contributed by atoms with Crippen molar-refractivity contribution in [3.05, 3.63) is 23.3 Å². The molecule has 0 radical (unpaired) electrons. The standard InChI is InChI=1S/C11H11BrO3/c1-6-3-9-10(15-5-14-9)4-8(6)11(12)7(2)13/h3-4,11H,5H2,1-2H3. The van der Waals surface area contributed by atoms with Gasteiger partial charge in [-0.3, -0.25) is 4.79 Å². The van der Waals surface area contributed by atoms with Crippen LogP contribution in [0.1, 0.15) is 22.9 Å². The fraction of sp³-hybridized carbons (Fsp3) is 0.364. The van der Waals surface area contributed by atoms with E-state index in [1.807, 2.05) is 19.1 Å². The van der Waals surface area contributed by atoms with E-state index in [9.17, 15) is 4.79 Å². The summed E-state index contributed by atoms with van der Waals surface area (Å²) in [6.07, 6.45) is 0. The van der Waals surface area contributed by atoms with E-state index in [0.717, 1.165) is 16.9 Å². The number of halogens is 1. The Labute approximate surface area is 96.5 Å². The van der Waals surface area contributed by atoms with Gasteiger partial charge >= 0.3 is 0 Å². The summed E-state index contributed by atoms with van der Waals surface area (Å²) in [7, 11) is 0. The molecule has 0 aromatic heterocycles. The van der Waals surface area contributed by atoms with Gasteiger partial charge in [-0.2, -0.15) is 0 Å². The Morgan fingerprint density at radius 1 is 1.40 bits per heavy atom. The van der Waals surface area contributed by atoms with Crippen molar-refractivity contribution in [2.75, 3.05) is 6.79 Å². The molecule has 1 unspecified atom stereocenters. The summed E-state index contributed by atoms with van der Waals surface area (Å²) in [5.74, 6) is 1.54. The van der Waals surface area contributed by atoms with Gasteiger partial charge in [-0.25, -0.2) is 0 Å². The lowest BCUT2D eigenvalue weighted by atomic mass is 10.0. The van der Waals surface area contributed by atoms with Gasteiger partial charge in [-0.05, 0) is 37.1 Å². The summed E-state index contributed by atoms with van der Waals surface area (Å²) in [5, 5.41) is 0. The number of ether oxygens (including phenoxy) is 2. The molecular formula is C11H11BrO3. The lowest BCUT2D eigenvalue weighted by Gasteiger charge is -2.10. The highest BCUT2D eigenvalue weighted by Gasteiger charge is 2.21. The molecule has 0 bridgehead atoms. The van der Waals surface area contributed by atoms with Crippen LogP contribution in [0.4, 0.5) is 0 Å². The topological polar surface area (TPSA) is 35.5 Å². The molecule has 0 N–H and O–H groups in total. The van der Waals surface area contributed by atoms with Crippen LogP contribution in [-0.2, 0) is 4.79 Å². The van der Waals surface area contributed by atoms with Gasteiger partial charge in [0.2, 0.25) is 6.79 Å². The van der Waals surface area contributed by atoms with E-state index in [0.29, 0.717) is 5.75 Å². The third-order valence-electron chi connectivity index (χ3n) is 2.39. The predicted molar refractivity (Wildman–Crippen MR) is 59.7 cm³/mol. The first kappa shape index (κ1) is 10.5. The zero-order valence-electron chi connectivity index (χ0n) is 8.54. The molecule has 80 valence electrons. The van der Waals surface area contributed by atoms with Crippen LogP contribution in [0.15, 0.2) is 12.1 Å². The minimum atomic E-state index is -0.271. The van der Waals surface area contributed by atoms with Crippen molar-refractivity contribution < 1.29 is 14.3 Å². The lowest BCUT2D eigenvalue weighted by molar-refractivity contribution is -0.116. The molecular weight excluding hydrogens is 260 g/mol. The Hall–Kier alpha value is -1.03. The molecule has 0 saturated carbocycles. The smallest absolute Gasteiger partial charge is 0.231 e. The molecule has 0 amide bonds. The fourth-order valence-electron chi connectivity index (χ4n) is 1.55. The van der Waals surface area contributed by atoms with Gasteiger partial charge in [0.05, 0.1) is 4.83 Å². The maximum Gasteiger partial charge on any atom is 0.231 e. The van der Waals surface area contributed by atoms with Gasteiger partial charge in [0.25, 0.3) is 0 Å². The number of hydrogen-bond donors (Lipinski definition) is 0. The Morgan fingerprint density at radius 3 is 2.60 bits per heavy atom. The van der Waals surface area contributed by atoms with Crippen LogP contribution in [0.2, 0.25) is 0 Å². The van der Waals surface area contributed by atoms with Crippen LogP contribution in [-0.4, -0.2) is 12.6 Å². The maximum atomic E-state index is 11.3. The second-order valence-electron chi connectivity index (χ2n) is 3.54. The molecule has 1 atom stereocenters. The van der Waals surface area contributed by atoms with Gasteiger partial charge < -0.3 is 9.47 Å². The van der Waals surface area contributed by atoms with Crippen LogP contribution in [0.3, 0.4) is 0 Å². The van der Waals surface area contributed by atoms with Crippen molar-refractivity contribution in [2.45, 2.75) is 18.7 Å². The number of aryl methyl sites for hydroxylation is 1. The zero-order valence-corrected chi connectivity index (χ0v) is 10.1. The summed E-state index contributed by atoms with van der Waals surface area (Å²) in [6.45, 7) is 3.77. The van der Waals surface area contributed by atoms with Gasteiger partial charge in [-0.1, -0.05) is 15.9 Å². The molecule has 0 aliphatic carbocycles. The van der Waals surface area contributed by atoms with Gasteiger partial charge in [0.15, 0.2) is 11.5 Å². The highest BCUT2D eigenvalue weighted by molar-refractivity contribution is 9.09. The average Bonchev–Trinajstić information content (AvgIpc) is 2.62. The first-order chi connectivity index (χ1) is 7.09. The molecule has 4 heteroatoms. The summed E-state index contributed by atoms with van der Waals surface area (Å²) < 4.78 is 10.5. The molecule has 1 aliphatic heterocycles. The molecule has 1 aromatic carbocycles. The Balaban J connectivity index is 2.44. The van der Waals surface area contributed by atoms with Crippen LogP contribution < -0.4 is 9.47 Å². The summed E-state index contributed by atoms with van der Waals surface area (Å²) in [4.78, 5) is 11.0. The lowest BCUT2D eigenvalue weighted by Crippen LogP contribution is -2.03. The summed E-state index contributed by atoms with van der Waals surface area (Å²) >= 11 is 3.36. The Bertz CT molecular complexity index is 415. The van der Waals surface area contributed by atoms with Crippen LogP contribution in [0, 0.1) is 6.92 Å². The SMILES string of the molecule is CC(=O)C(Br)c1cc2c(cc1C)OCO2. The number of ketones is 1. The third kappa shape index (κ3) is 1.86. The molecule has 0 saturated heterocycles. The molecule has 15 heavy (non-hydrogen) atoms. The largest absolute Gasteiger partial charge is 0.454 e. The number of fused-ring (bicyclic) bond motifs is 1. The van der Waals surface area contributed by atoms with E-state index in [1.165, 1.54) is 0 Å². The molecule has 1 aliphatic rings. The van der Waals surface area contributed by atoms with Crippen molar-refractivity contribution in [3.63, 3.8) is 0 Å². The molecule has 0 spiro atoms. The quantitative estimate of drug-likeness (QED) is 0.776. The van der Waals surface area contributed by atoms with Crippen molar-refractivity contribution >= 4 is 21.7 Å². The molecule has 2 rings (SSSR count). The van der Waals surface area contributed by atoms with Crippen molar-refractivity contribution in [2.24, 2.45) is 0 Å². The van der Waals surface area contributed by atoms with E-state index in [2.05, 4.69) is 15.9 Å². The monoisotopic (exact) mass is 270 g/mol. The summed E-state index contributed by atoms with van der Waals surface area (Å²) in [6, 6.07) is 3.76. The number of rotatable bonds is 2. The molecule has 1 aromatic rings. The average molecular weight is 271 g/mol. The highest BCUT2D eigenvalue weighted by Crippen LogP contribution is 2.38. The van der Waals surface area contributed by atoms with Crippen molar-refractivity contribution in [1.82, 2.24) is 0 Å². The first-order valence-electron chi connectivity index (χ1n) is 4.64. The first-order valence-corrected chi connectivity index (χ1v) is 5.56. The second kappa shape index (κ2) is 3.85. The fourth-order valence-corrected chi connectivity index (χ4v) is 2.04. The van der Waals surface area contributed by atoms with Gasteiger partial charge in [0.1, 0.15) is 5.78 Å². The molecule has 0 fully saturated rings. The van der Waals surface area contributed by atoms with Crippen LogP contribution in [0.5, 0.6) is 11.5 Å². The van der Waals surface area contributed by atoms with Crippen molar-refractivity contribution in [1.29, 1.82) is 0 Å². The minimum Gasteiger partial charge on any atom is -0.454 e. The Morgan fingerprint density at radius 2 is 2.00 bits per heavy atom. The second-order valence-corrected chi connectivity index (χ2v) is 4.45. The maximum absolute atomic E-state index is 11.3. The van der Waals surface area contributed by atoms with E-state index in [4.69, 9.17) is 9.47 Å². The predicted octanol–water partition coefficient (Wildman–Crippen LogP) is 2.75. The molecule has 1 heterocycles. The van der Waals surface area contributed by atoms with E-state index >= 15 is 0 Å². The van der Waals surface area contributed by atoms with Crippen LogP contribution >= 0.6 is 15.9 Å². The van der Waals surface area contributed by atoms with Crippen LogP contribution in [0.25, 0.3) is 0 Å². The van der Waals surface area contributed by atoms with Gasteiger partial charge in [-0.15, -0.1) is 0 Å². The number of carbonyl (C=O) groups excluding carboxylic acids is 1. The van der Waals surface area contributed by atoms with E-state index in [1.54, 1.807) is 6.92 Å². The third-order valence-corrected chi connectivity index (χ3v) is 3.53. The number of alkyl halides is 1. The number of Topliss-reactive ketones (excluding diaryl/α,β-unsaturated/α-hetero) is 1.